The molecule has 0 spiro atoms. The lowest BCUT2D eigenvalue weighted by Gasteiger charge is -2.28. The minimum absolute atomic E-state index is 0.0737. The summed E-state index contributed by atoms with van der Waals surface area (Å²) in [6.45, 7) is 2.09. The quantitative estimate of drug-likeness (QED) is 0.149. The van der Waals surface area contributed by atoms with Gasteiger partial charge in [0.2, 0.25) is 0 Å². The second-order valence-electron chi connectivity index (χ2n) is 8.04. The highest BCUT2D eigenvalue weighted by atomic mass is 16.6. The van der Waals surface area contributed by atoms with Crippen molar-refractivity contribution in [2.75, 3.05) is 25.1 Å². The molecule has 2 amide bonds. The number of nitrogens with one attached hydrogen (secondary N) is 2. The van der Waals surface area contributed by atoms with E-state index in [1.807, 2.05) is 43.3 Å². The molecule has 2 atom stereocenters. The van der Waals surface area contributed by atoms with E-state index in [2.05, 4.69) is 5.32 Å². The van der Waals surface area contributed by atoms with Crippen LogP contribution in [0.25, 0.3) is 10.8 Å². The maximum absolute atomic E-state index is 13.2. The highest BCUT2D eigenvalue weighted by molar-refractivity contribution is 6.00. The number of hydrogen-bond acceptors (Lipinski definition) is 7. The first-order valence-electron chi connectivity index (χ1n) is 12.1. The van der Waals surface area contributed by atoms with Gasteiger partial charge < -0.3 is 19.3 Å². The predicted octanol–water partition coefficient (Wildman–Crippen LogP) is 4.75. The molecule has 4 N–H and O–H groups in total. The predicted molar refractivity (Wildman–Crippen MR) is 140 cm³/mol. The van der Waals surface area contributed by atoms with Crippen molar-refractivity contribution in [2.45, 2.75) is 32.0 Å². The summed E-state index contributed by atoms with van der Waals surface area (Å²) in [5.74, 6) is -0.183. The summed E-state index contributed by atoms with van der Waals surface area (Å²) in [7, 11) is 0. The van der Waals surface area contributed by atoms with Crippen LogP contribution in [0.4, 0.5) is 10.5 Å². The Kier molecular flexibility index (Phi) is 10.9. The number of amides is 2. The Hall–Kier alpha value is -3.92. The summed E-state index contributed by atoms with van der Waals surface area (Å²) >= 11 is 0. The zero-order chi connectivity index (χ0) is 26.5. The van der Waals surface area contributed by atoms with Gasteiger partial charge in [-0.2, -0.15) is 0 Å². The van der Waals surface area contributed by atoms with E-state index < -0.39 is 24.2 Å². The van der Waals surface area contributed by atoms with Crippen LogP contribution in [0.15, 0.2) is 78.9 Å². The highest BCUT2D eigenvalue weighted by Gasteiger charge is 2.30. The van der Waals surface area contributed by atoms with Gasteiger partial charge in [0.1, 0.15) is 12.4 Å². The molecule has 37 heavy (non-hydrogen) atoms. The van der Waals surface area contributed by atoms with Crippen molar-refractivity contribution in [3.8, 4) is 5.75 Å². The molecule has 0 saturated heterocycles. The van der Waals surface area contributed by atoms with Crippen molar-refractivity contribution in [3.63, 3.8) is 0 Å². The van der Waals surface area contributed by atoms with Gasteiger partial charge in [-0.25, -0.2) is 10.3 Å². The molecule has 0 saturated carbocycles. The van der Waals surface area contributed by atoms with Crippen molar-refractivity contribution in [2.24, 2.45) is 0 Å². The number of anilines is 1. The van der Waals surface area contributed by atoms with Gasteiger partial charge in [-0.3, -0.25) is 15.3 Å². The Morgan fingerprint density at radius 3 is 2.57 bits per heavy atom. The molecule has 0 aliphatic heterocycles. The molecule has 3 rings (SSSR count). The molecule has 0 heterocycles. The zero-order valence-electron chi connectivity index (χ0n) is 20.6. The van der Waals surface area contributed by atoms with Gasteiger partial charge in [-0.15, -0.1) is 0 Å². The largest absolute Gasteiger partial charge is 0.491 e. The lowest BCUT2D eigenvalue weighted by molar-refractivity contribution is -0.124. The van der Waals surface area contributed by atoms with Crippen molar-refractivity contribution < 1.29 is 34.1 Å². The monoisotopic (exact) mass is 508 g/mol. The van der Waals surface area contributed by atoms with Crippen molar-refractivity contribution in [1.82, 2.24) is 5.48 Å². The maximum atomic E-state index is 13.2. The molecule has 0 bridgehead atoms. The number of fused-ring (bicyclic) bond motifs is 1. The Labute approximate surface area is 215 Å². The van der Waals surface area contributed by atoms with Gasteiger partial charge in [0.25, 0.3) is 5.91 Å². The van der Waals surface area contributed by atoms with Crippen LogP contribution in [-0.4, -0.2) is 48.2 Å². The van der Waals surface area contributed by atoms with Gasteiger partial charge in [0.05, 0.1) is 18.4 Å². The standard InChI is InChI=1S/C28H32N2O7/c1-2-35-25(16-7-8-17-26(32)30-34)27(22-13-5-6-15-24(22)36-19-18-31)37-28(33)29-23-14-9-11-20-10-3-4-12-21(20)23/h3-6,8-15,17,25,27,31,34H,2,7,16,18-19H2,1H3,(H,29,33)(H,30,32)/b17-8+/t25-,27-/m1/s1. The molecule has 0 aliphatic rings. The number of aliphatic hydroxyl groups excluding tert-OH is 1. The molecule has 0 aromatic heterocycles. The average Bonchev–Trinajstić information content (AvgIpc) is 2.92. The molecule has 0 aliphatic carbocycles. The molecule has 9 nitrogen and oxygen atoms in total. The molecular weight excluding hydrogens is 476 g/mol. The fourth-order valence-electron chi connectivity index (χ4n) is 3.96. The number of benzene rings is 3. The Morgan fingerprint density at radius 1 is 1.03 bits per heavy atom. The fraction of sp³-hybridized carbons (Fsp3) is 0.286. The molecule has 196 valence electrons. The minimum atomic E-state index is -0.857. The van der Waals surface area contributed by atoms with E-state index in [-0.39, 0.29) is 13.2 Å². The molecule has 3 aromatic rings. The van der Waals surface area contributed by atoms with E-state index in [4.69, 9.17) is 19.4 Å². The van der Waals surface area contributed by atoms with E-state index in [1.54, 1.807) is 41.9 Å². The topological polar surface area (TPSA) is 126 Å². The van der Waals surface area contributed by atoms with Gasteiger partial charge in [0.15, 0.2) is 6.10 Å². The summed E-state index contributed by atoms with van der Waals surface area (Å²) in [5.41, 5.74) is 2.74. The van der Waals surface area contributed by atoms with Crippen LogP contribution in [0.2, 0.25) is 0 Å². The van der Waals surface area contributed by atoms with E-state index in [0.29, 0.717) is 36.4 Å². The van der Waals surface area contributed by atoms with Crippen LogP contribution < -0.4 is 15.5 Å². The van der Waals surface area contributed by atoms with E-state index >= 15 is 0 Å². The molecule has 0 radical (unpaired) electrons. The van der Waals surface area contributed by atoms with Crippen LogP contribution in [-0.2, 0) is 14.3 Å². The summed E-state index contributed by atoms with van der Waals surface area (Å²) in [4.78, 5) is 24.5. The summed E-state index contributed by atoms with van der Waals surface area (Å²) in [6.07, 6.45) is 1.53. The highest BCUT2D eigenvalue weighted by Crippen LogP contribution is 2.34. The lowest BCUT2D eigenvalue weighted by Crippen LogP contribution is -2.29. The number of rotatable bonds is 13. The van der Waals surface area contributed by atoms with Gasteiger partial charge in [0, 0.05) is 23.6 Å². The number of carbonyl (C=O) groups is 2. The molecular formula is C28H32N2O7. The summed E-state index contributed by atoms with van der Waals surface area (Å²) in [6, 6.07) is 20.4. The molecule has 0 unspecified atom stereocenters. The van der Waals surface area contributed by atoms with E-state index in [9.17, 15) is 14.7 Å². The second kappa shape index (κ2) is 14.6. The smallest absolute Gasteiger partial charge is 0.412 e. The third-order valence-electron chi connectivity index (χ3n) is 5.55. The number of aliphatic hydroxyl groups is 1. The number of hydrogen-bond donors (Lipinski definition) is 4. The third-order valence-corrected chi connectivity index (χ3v) is 5.55. The lowest BCUT2D eigenvalue weighted by atomic mass is 9.99. The number of hydroxylamine groups is 1. The van der Waals surface area contributed by atoms with Crippen LogP contribution in [0.5, 0.6) is 5.75 Å². The van der Waals surface area contributed by atoms with Gasteiger partial charge in [-0.05, 0) is 37.3 Å². The SMILES string of the molecule is CCO[C@H](CC/C=C/C(=O)NO)[C@H](OC(=O)Nc1cccc2ccccc12)c1ccccc1OCCO. The van der Waals surface area contributed by atoms with E-state index in [1.165, 1.54) is 6.08 Å². The normalized spacial score (nSPS) is 12.7. The van der Waals surface area contributed by atoms with Crippen LogP contribution in [0, 0.1) is 0 Å². The molecule has 0 fully saturated rings. The van der Waals surface area contributed by atoms with Gasteiger partial charge >= 0.3 is 6.09 Å². The third kappa shape index (κ3) is 8.04. The maximum Gasteiger partial charge on any atom is 0.412 e. The molecule has 9 heteroatoms. The Bertz CT molecular complexity index is 1190. The number of allylic oxidation sites excluding steroid dienone is 1. The first kappa shape index (κ1) is 27.7. The van der Waals surface area contributed by atoms with E-state index in [0.717, 1.165) is 10.8 Å². The average molecular weight is 509 g/mol. The van der Waals surface area contributed by atoms with Crippen LogP contribution in [0.3, 0.4) is 0 Å². The summed E-state index contributed by atoms with van der Waals surface area (Å²) in [5, 5.41) is 22.6. The zero-order valence-corrected chi connectivity index (χ0v) is 20.6. The van der Waals surface area contributed by atoms with Crippen molar-refractivity contribution in [3.05, 3.63) is 84.4 Å². The Morgan fingerprint density at radius 2 is 1.78 bits per heavy atom. The van der Waals surface area contributed by atoms with Crippen LogP contribution in [0.1, 0.15) is 31.4 Å². The first-order valence-corrected chi connectivity index (χ1v) is 12.1. The summed E-state index contributed by atoms with van der Waals surface area (Å²) < 4.78 is 17.7. The number of ether oxygens (including phenoxy) is 3. The Balaban J connectivity index is 1.88. The van der Waals surface area contributed by atoms with Crippen molar-refractivity contribution in [1.29, 1.82) is 0 Å². The fourth-order valence-corrected chi connectivity index (χ4v) is 3.96. The van der Waals surface area contributed by atoms with Crippen LogP contribution >= 0.6 is 0 Å². The number of para-hydroxylation sites is 1. The minimum Gasteiger partial charge on any atom is -0.491 e. The van der Waals surface area contributed by atoms with Crippen molar-refractivity contribution >= 4 is 28.5 Å². The second-order valence-corrected chi connectivity index (χ2v) is 8.04. The first-order chi connectivity index (χ1) is 18.1. The molecule has 3 aromatic carbocycles. The van der Waals surface area contributed by atoms with Gasteiger partial charge in [-0.1, -0.05) is 60.7 Å². The number of carbonyl (C=O) groups excluding carboxylic acids is 2.